The van der Waals surface area contributed by atoms with Crippen molar-refractivity contribution in [2.24, 2.45) is 4.99 Å². The van der Waals surface area contributed by atoms with E-state index in [1.807, 2.05) is 27.2 Å². The number of aliphatic imine (C=N–C) groups is 1. The first-order chi connectivity index (χ1) is 11.9. The zero-order chi connectivity index (χ0) is 18.4. The van der Waals surface area contributed by atoms with Gasteiger partial charge in [0.2, 0.25) is 0 Å². The molecule has 0 unspecified atom stereocenters. The van der Waals surface area contributed by atoms with Crippen LogP contribution >= 0.6 is 11.3 Å². The lowest BCUT2D eigenvalue weighted by Gasteiger charge is -2.11. The maximum absolute atomic E-state index is 5.63. The van der Waals surface area contributed by atoms with Crippen LogP contribution in [0.25, 0.3) is 0 Å². The summed E-state index contributed by atoms with van der Waals surface area (Å²) >= 11 is 1.70. The van der Waals surface area contributed by atoms with Crippen LogP contribution in [0.15, 0.2) is 22.5 Å². The van der Waals surface area contributed by atoms with E-state index in [1.165, 1.54) is 16.7 Å². The Hall–Kier alpha value is -1.72. The minimum absolute atomic E-state index is 0.231. The Bertz CT molecular complexity index is 722. The predicted octanol–water partition coefficient (Wildman–Crippen LogP) is 4.89. The Morgan fingerprint density at radius 1 is 1.28 bits per heavy atom. The average Bonchev–Trinajstić information content (AvgIpc) is 3.02. The summed E-state index contributed by atoms with van der Waals surface area (Å²) in [6.07, 6.45) is 2.98. The fourth-order valence-corrected chi connectivity index (χ4v) is 3.15. The van der Waals surface area contributed by atoms with Gasteiger partial charge in [0.1, 0.15) is 0 Å². The average molecular weight is 360 g/mol. The van der Waals surface area contributed by atoms with Crippen LogP contribution in [0.2, 0.25) is 0 Å². The number of aryl methyl sites for hydroxylation is 2. The summed E-state index contributed by atoms with van der Waals surface area (Å²) in [6, 6.07) is 4.40. The van der Waals surface area contributed by atoms with Crippen LogP contribution in [0, 0.1) is 13.8 Å². The molecule has 0 radical (unpaired) electrons. The van der Waals surface area contributed by atoms with Gasteiger partial charge in [-0.15, -0.1) is 11.3 Å². The molecule has 1 aromatic carbocycles. The van der Waals surface area contributed by atoms with Crippen molar-refractivity contribution < 1.29 is 4.74 Å². The summed E-state index contributed by atoms with van der Waals surface area (Å²) in [4.78, 5) is 11.4. The highest BCUT2D eigenvalue weighted by molar-refractivity contribution is 7.09. The molecule has 0 saturated carbocycles. The molecule has 2 rings (SSSR count). The van der Waals surface area contributed by atoms with Crippen LogP contribution in [0.5, 0.6) is 0 Å². The van der Waals surface area contributed by atoms with Gasteiger partial charge in [-0.1, -0.05) is 6.07 Å². The second kappa shape index (κ2) is 9.11. The van der Waals surface area contributed by atoms with E-state index in [1.54, 1.807) is 11.3 Å². The molecule has 136 valence electrons. The molecular weight excluding hydrogens is 330 g/mol. The Morgan fingerprint density at radius 3 is 2.72 bits per heavy atom. The van der Waals surface area contributed by atoms with Crippen LogP contribution in [0.4, 0.5) is 5.69 Å². The Kier molecular flexibility index (Phi) is 7.14. The van der Waals surface area contributed by atoms with Crippen LogP contribution in [-0.2, 0) is 17.8 Å². The molecule has 1 aromatic heterocycles. The molecule has 0 fully saturated rings. The first-order valence-corrected chi connectivity index (χ1v) is 9.66. The van der Waals surface area contributed by atoms with E-state index in [9.17, 15) is 0 Å². The van der Waals surface area contributed by atoms with Crippen molar-refractivity contribution in [2.45, 2.75) is 53.8 Å². The molecule has 0 spiro atoms. The quantitative estimate of drug-likeness (QED) is 0.497. The molecule has 0 aliphatic carbocycles. The molecule has 0 saturated heterocycles. The number of hydrogen-bond acceptors (Lipinski definition) is 4. The Balaban J connectivity index is 2.10. The third-order valence-corrected chi connectivity index (χ3v) is 4.95. The van der Waals surface area contributed by atoms with Crippen LogP contribution in [0.3, 0.4) is 0 Å². The molecular formula is C20H29N3OS. The standard InChI is InChI=1S/C20H29N3OS/c1-7-23(6)13-21-19-9-15(4)17(8-16(19)5)10-20-22-18(12-25-20)11-24-14(2)3/h8-9,12-14H,7,10-11H2,1-6H3. The van der Waals surface area contributed by atoms with Crippen molar-refractivity contribution in [2.75, 3.05) is 13.6 Å². The Morgan fingerprint density at radius 2 is 2.04 bits per heavy atom. The van der Waals surface area contributed by atoms with Crippen molar-refractivity contribution in [3.8, 4) is 0 Å². The van der Waals surface area contributed by atoms with Crippen molar-refractivity contribution in [3.63, 3.8) is 0 Å². The number of aromatic nitrogens is 1. The summed E-state index contributed by atoms with van der Waals surface area (Å²) < 4.78 is 5.63. The van der Waals surface area contributed by atoms with Crippen LogP contribution in [-0.4, -0.2) is 35.9 Å². The van der Waals surface area contributed by atoms with Crippen molar-refractivity contribution in [1.29, 1.82) is 0 Å². The van der Waals surface area contributed by atoms with Gasteiger partial charge in [0.25, 0.3) is 0 Å². The minimum atomic E-state index is 0.231. The molecule has 0 atom stereocenters. The molecule has 4 nitrogen and oxygen atoms in total. The fourth-order valence-electron chi connectivity index (χ4n) is 2.34. The monoisotopic (exact) mass is 359 g/mol. The zero-order valence-electron chi connectivity index (χ0n) is 16.2. The van der Waals surface area contributed by atoms with Crippen LogP contribution < -0.4 is 0 Å². The highest BCUT2D eigenvalue weighted by Crippen LogP contribution is 2.26. The van der Waals surface area contributed by atoms with Gasteiger partial charge in [-0.25, -0.2) is 9.98 Å². The first kappa shape index (κ1) is 19.6. The van der Waals surface area contributed by atoms with Gasteiger partial charge in [0.05, 0.1) is 35.4 Å². The zero-order valence-corrected chi connectivity index (χ0v) is 17.0. The van der Waals surface area contributed by atoms with E-state index in [2.05, 4.69) is 48.2 Å². The summed E-state index contributed by atoms with van der Waals surface area (Å²) in [7, 11) is 2.03. The third-order valence-electron chi connectivity index (χ3n) is 4.05. The highest BCUT2D eigenvalue weighted by atomic mass is 32.1. The smallest absolute Gasteiger partial charge is 0.0973 e. The number of rotatable bonds is 8. The largest absolute Gasteiger partial charge is 0.372 e. The summed E-state index contributed by atoms with van der Waals surface area (Å²) in [5.41, 5.74) is 5.82. The molecule has 0 amide bonds. The number of nitrogens with zero attached hydrogens (tertiary/aromatic N) is 3. The SMILES string of the molecule is CCN(C)C=Nc1cc(C)c(Cc2nc(COC(C)C)cs2)cc1C. The van der Waals surface area contributed by atoms with Gasteiger partial charge in [0, 0.05) is 25.4 Å². The fraction of sp³-hybridized carbons (Fsp3) is 0.500. The molecule has 0 N–H and O–H groups in total. The molecule has 0 aliphatic rings. The molecule has 25 heavy (non-hydrogen) atoms. The molecule has 1 heterocycles. The molecule has 0 aliphatic heterocycles. The lowest BCUT2D eigenvalue weighted by molar-refractivity contribution is 0.0638. The number of ether oxygens (including phenoxy) is 1. The van der Waals surface area contributed by atoms with E-state index >= 15 is 0 Å². The summed E-state index contributed by atoms with van der Waals surface area (Å²) in [5.74, 6) is 0. The van der Waals surface area contributed by atoms with Gasteiger partial charge in [-0.3, -0.25) is 0 Å². The molecule has 2 aromatic rings. The Labute approximate surface area is 155 Å². The number of thiazole rings is 1. The lowest BCUT2D eigenvalue weighted by Crippen LogP contribution is -2.14. The van der Waals surface area contributed by atoms with Crippen molar-refractivity contribution >= 4 is 23.4 Å². The summed E-state index contributed by atoms with van der Waals surface area (Å²) in [6.45, 7) is 12.0. The highest BCUT2D eigenvalue weighted by Gasteiger charge is 2.09. The summed E-state index contributed by atoms with van der Waals surface area (Å²) in [5, 5.41) is 3.23. The topological polar surface area (TPSA) is 37.7 Å². The second-order valence-corrected chi connectivity index (χ2v) is 7.59. The van der Waals surface area contributed by atoms with Gasteiger partial charge in [-0.2, -0.15) is 0 Å². The van der Waals surface area contributed by atoms with Crippen molar-refractivity contribution in [1.82, 2.24) is 9.88 Å². The maximum atomic E-state index is 5.63. The van der Waals surface area contributed by atoms with Gasteiger partial charge >= 0.3 is 0 Å². The van der Waals surface area contributed by atoms with E-state index in [0.29, 0.717) is 6.61 Å². The molecule has 5 heteroatoms. The van der Waals surface area contributed by atoms with E-state index in [4.69, 9.17) is 9.72 Å². The third kappa shape index (κ3) is 5.94. The predicted molar refractivity (Wildman–Crippen MR) is 107 cm³/mol. The maximum Gasteiger partial charge on any atom is 0.0973 e. The van der Waals surface area contributed by atoms with Gasteiger partial charge in [-0.05, 0) is 57.4 Å². The second-order valence-electron chi connectivity index (χ2n) is 6.65. The normalized spacial score (nSPS) is 11.6. The molecule has 0 bridgehead atoms. The van der Waals surface area contributed by atoms with Gasteiger partial charge in [0.15, 0.2) is 0 Å². The number of benzene rings is 1. The lowest BCUT2D eigenvalue weighted by atomic mass is 10.0. The van der Waals surface area contributed by atoms with Crippen molar-refractivity contribution in [3.05, 3.63) is 44.9 Å². The first-order valence-electron chi connectivity index (χ1n) is 8.78. The van der Waals surface area contributed by atoms with E-state index in [-0.39, 0.29) is 6.10 Å². The minimum Gasteiger partial charge on any atom is -0.372 e. The van der Waals surface area contributed by atoms with Crippen LogP contribution in [0.1, 0.15) is 48.2 Å². The van der Waals surface area contributed by atoms with E-state index < -0.39 is 0 Å². The van der Waals surface area contributed by atoms with E-state index in [0.717, 1.165) is 29.4 Å². The number of hydrogen-bond donors (Lipinski definition) is 0. The van der Waals surface area contributed by atoms with Gasteiger partial charge < -0.3 is 9.64 Å².